The molecule has 1 aliphatic heterocycles. The third-order valence-electron chi connectivity index (χ3n) is 3.89. The van der Waals surface area contributed by atoms with Crippen molar-refractivity contribution in [3.8, 4) is 0 Å². The molecule has 1 fully saturated rings. The van der Waals surface area contributed by atoms with E-state index in [1.807, 2.05) is 20.8 Å². The predicted molar refractivity (Wildman–Crippen MR) is 86.8 cm³/mol. The molecule has 1 aromatic heterocycles. The first-order valence-corrected chi connectivity index (χ1v) is 9.87. The van der Waals surface area contributed by atoms with Crippen molar-refractivity contribution in [2.45, 2.75) is 44.8 Å². The van der Waals surface area contributed by atoms with E-state index in [1.54, 1.807) is 6.92 Å². The lowest BCUT2D eigenvalue weighted by Gasteiger charge is -2.23. The van der Waals surface area contributed by atoms with Crippen LogP contribution in [0.2, 0.25) is 0 Å². The Hall–Kier alpha value is -1.15. The molecule has 1 saturated heterocycles. The zero-order valence-corrected chi connectivity index (χ0v) is 14.9. The fourth-order valence-corrected chi connectivity index (χ4v) is 5.25. The monoisotopic (exact) mass is 343 g/mol. The number of carbonyl (C=O) groups excluding carboxylic acids is 1. The average Bonchev–Trinajstić information content (AvgIpc) is 2.67. The molecule has 0 radical (unpaired) electrons. The van der Waals surface area contributed by atoms with E-state index in [0.29, 0.717) is 11.6 Å². The molecule has 2 heterocycles. The second-order valence-electron chi connectivity index (χ2n) is 6.04. The van der Waals surface area contributed by atoms with Crippen molar-refractivity contribution >= 4 is 27.5 Å². The van der Waals surface area contributed by atoms with Gasteiger partial charge in [-0.25, -0.2) is 18.4 Å². The van der Waals surface area contributed by atoms with Gasteiger partial charge < -0.3 is 5.32 Å². The molecule has 0 aromatic carbocycles. The summed E-state index contributed by atoms with van der Waals surface area (Å²) in [6.45, 7) is 7.57. The molecule has 1 atom stereocenters. The number of amides is 1. The van der Waals surface area contributed by atoms with Crippen LogP contribution in [0.4, 0.5) is 0 Å². The topological polar surface area (TPSA) is 89.0 Å². The Balaban J connectivity index is 1.94. The number of sulfone groups is 1. The van der Waals surface area contributed by atoms with Crippen molar-refractivity contribution in [3.63, 3.8) is 0 Å². The van der Waals surface area contributed by atoms with Gasteiger partial charge >= 0.3 is 0 Å². The number of hydrogen-bond acceptors (Lipinski definition) is 6. The Kier molecular flexibility index (Phi) is 4.81. The Bertz CT molecular complexity index is 680. The first-order chi connectivity index (χ1) is 10.1. The first kappa shape index (κ1) is 17.2. The van der Waals surface area contributed by atoms with E-state index in [4.69, 9.17) is 0 Å². The largest absolute Gasteiger partial charge is 0.349 e. The third-order valence-corrected chi connectivity index (χ3v) is 6.64. The smallest absolute Gasteiger partial charge is 0.230 e. The lowest BCUT2D eigenvalue weighted by atomic mass is 10.0. The fraction of sp³-hybridized carbons (Fsp3) is 0.643. The molecule has 1 aromatic rings. The number of nitrogens with one attached hydrogen (secondary N) is 1. The van der Waals surface area contributed by atoms with E-state index in [0.717, 1.165) is 17.0 Å². The van der Waals surface area contributed by atoms with Gasteiger partial charge in [0.25, 0.3) is 0 Å². The molecule has 0 unspecified atom stereocenters. The van der Waals surface area contributed by atoms with Gasteiger partial charge in [0.15, 0.2) is 15.0 Å². The van der Waals surface area contributed by atoms with Gasteiger partial charge in [-0.05, 0) is 39.7 Å². The lowest BCUT2D eigenvalue weighted by molar-refractivity contribution is -0.120. The van der Waals surface area contributed by atoms with Crippen LogP contribution >= 0.6 is 11.8 Å². The van der Waals surface area contributed by atoms with Gasteiger partial charge in [0.2, 0.25) is 5.91 Å². The summed E-state index contributed by atoms with van der Waals surface area (Å²) in [6, 6.07) is 0. The Morgan fingerprint density at radius 3 is 2.36 bits per heavy atom. The minimum atomic E-state index is -3.03. The SMILES string of the molecule is Cc1nc(SCC(=O)N[C@@]2(C)CCS(=O)(=O)C2)nc(C)c1C. The molecule has 1 N–H and O–H groups in total. The number of carbonyl (C=O) groups is 1. The Labute approximate surface area is 135 Å². The molecule has 0 spiro atoms. The molecule has 0 saturated carbocycles. The van der Waals surface area contributed by atoms with Crippen molar-refractivity contribution in [1.82, 2.24) is 15.3 Å². The van der Waals surface area contributed by atoms with Crippen LogP contribution in [0.3, 0.4) is 0 Å². The van der Waals surface area contributed by atoms with Crippen LogP contribution in [0, 0.1) is 20.8 Å². The van der Waals surface area contributed by atoms with E-state index >= 15 is 0 Å². The summed E-state index contributed by atoms with van der Waals surface area (Å²) < 4.78 is 23.1. The average molecular weight is 343 g/mol. The van der Waals surface area contributed by atoms with E-state index in [1.165, 1.54) is 11.8 Å². The molecular weight excluding hydrogens is 322 g/mol. The minimum absolute atomic E-state index is 0.00958. The number of aromatic nitrogens is 2. The normalized spacial score (nSPS) is 23.5. The van der Waals surface area contributed by atoms with Crippen LogP contribution in [0.1, 0.15) is 30.3 Å². The van der Waals surface area contributed by atoms with Crippen molar-refractivity contribution in [1.29, 1.82) is 0 Å². The Morgan fingerprint density at radius 1 is 1.27 bits per heavy atom. The second-order valence-corrected chi connectivity index (χ2v) is 9.17. The number of nitrogens with zero attached hydrogens (tertiary/aromatic N) is 2. The third kappa shape index (κ3) is 4.19. The van der Waals surface area contributed by atoms with Crippen molar-refractivity contribution in [2.75, 3.05) is 17.3 Å². The summed E-state index contributed by atoms with van der Waals surface area (Å²) in [5.41, 5.74) is 2.21. The standard InChI is InChI=1S/C14H21N3O3S2/c1-9-10(2)15-13(16-11(9)3)21-7-12(18)17-14(4)5-6-22(19,20)8-14/h5-8H2,1-4H3,(H,17,18)/t14-/m0/s1. The van der Waals surface area contributed by atoms with Gasteiger partial charge in [-0.3, -0.25) is 4.79 Å². The van der Waals surface area contributed by atoms with Gasteiger partial charge in [-0.1, -0.05) is 11.8 Å². The van der Waals surface area contributed by atoms with Crippen LogP contribution in [0.25, 0.3) is 0 Å². The van der Waals surface area contributed by atoms with Crippen molar-refractivity contribution in [2.24, 2.45) is 0 Å². The predicted octanol–water partition coefficient (Wildman–Crippen LogP) is 1.19. The first-order valence-electron chi connectivity index (χ1n) is 7.06. The van der Waals surface area contributed by atoms with Gasteiger partial charge in [-0.2, -0.15) is 0 Å². The molecule has 122 valence electrons. The summed E-state index contributed by atoms with van der Waals surface area (Å²) in [5.74, 6) is 0.132. The molecule has 0 bridgehead atoms. The van der Waals surface area contributed by atoms with E-state index < -0.39 is 15.4 Å². The molecule has 1 aliphatic rings. The maximum Gasteiger partial charge on any atom is 0.230 e. The van der Waals surface area contributed by atoms with Crippen LogP contribution in [-0.2, 0) is 14.6 Å². The summed E-state index contributed by atoms with van der Waals surface area (Å²) in [6.07, 6.45) is 0.463. The van der Waals surface area contributed by atoms with Gasteiger partial charge in [0, 0.05) is 11.4 Å². The molecule has 8 heteroatoms. The van der Waals surface area contributed by atoms with Gasteiger partial charge in [-0.15, -0.1) is 0 Å². The lowest BCUT2D eigenvalue weighted by Crippen LogP contribution is -2.47. The van der Waals surface area contributed by atoms with E-state index in [2.05, 4.69) is 15.3 Å². The number of aryl methyl sites for hydroxylation is 2. The molecule has 22 heavy (non-hydrogen) atoms. The second kappa shape index (κ2) is 6.16. The van der Waals surface area contributed by atoms with Crippen LogP contribution in [0.5, 0.6) is 0 Å². The van der Waals surface area contributed by atoms with Crippen LogP contribution in [-0.4, -0.2) is 47.1 Å². The quantitative estimate of drug-likeness (QED) is 0.652. The summed E-state index contributed by atoms with van der Waals surface area (Å²) in [7, 11) is -3.03. The molecule has 1 amide bonds. The number of rotatable bonds is 4. The maximum absolute atomic E-state index is 12.0. The highest BCUT2D eigenvalue weighted by atomic mass is 32.2. The summed E-state index contributed by atoms with van der Waals surface area (Å²) >= 11 is 1.26. The summed E-state index contributed by atoms with van der Waals surface area (Å²) in [5, 5.41) is 3.40. The fourth-order valence-electron chi connectivity index (χ4n) is 2.42. The minimum Gasteiger partial charge on any atom is -0.349 e. The van der Waals surface area contributed by atoms with E-state index in [-0.39, 0.29) is 23.2 Å². The van der Waals surface area contributed by atoms with Crippen molar-refractivity contribution < 1.29 is 13.2 Å². The molecule has 0 aliphatic carbocycles. The van der Waals surface area contributed by atoms with Gasteiger partial charge in [0.1, 0.15) is 0 Å². The number of thioether (sulfide) groups is 1. The highest BCUT2D eigenvalue weighted by molar-refractivity contribution is 7.99. The zero-order chi connectivity index (χ0) is 16.5. The van der Waals surface area contributed by atoms with Crippen LogP contribution in [0.15, 0.2) is 5.16 Å². The Morgan fingerprint density at radius 2 is 1.86 bits per heavy atom. The van der Waals surface area contributed by atoms with Crippen molar-refractivity contribution in [3.05, 3.63) is 17.0 Å². The molecular formula is C14H21N3O3S2. The summed E-state index contributed by atoms with van der Waals surface area (Å²) in [4.78, 5) is 20.8. The van der Waals surface area contributed by atoms with Crippen LogP contribution < -0.4 is 5.32 Å². The molecule has 2 rings (SSSR count). The number of hydrogen-bond donors (Lipinski definition) is 1. The zero-order valence-electron chi connectivity index (χ0n) is 13.3. The highest BCUT2D eigenvalue weighted by Gasteiger charge is 2.39. The van der Waals surface area contributed by atoms with Gasteiger partial charge in [0.05, 0.1) is 22.8 Å². The maximum atomic E-state index is 12.0. The highest BCUT2D eigenvalue weighted by Crippen LogP contribution is 2.23. The molecule has 6 nitrogen and oxygen atoms in total. The van der Waals surface area contributed by atoms with E-state index in [9.17, 15) is 13.2 Å².